The van der Waals surface area contributed by atoms with Crippen LogP contribution >= 0.6 is 0 Å². The zero-order valence-electron chi connectivity index (χ0n) is 29.3. The third-order valence-corrected chi connectivity index (χ3v) is 14.5. The molecule has 14 atom stereocenters. The van der Waals surface area contributed by atoms with Gasteiger partial charge >= 0.3 is 5.97 Å². The fraction of sp³-hybridized carbons (Fsp3) is 0.757. The maximum Gasteiger partial charge on any atom is 0.340 e. The second-order valence-corrected chi connectivity index (χ2v) is 16.0. The van der Waals surface area contributed by atoms with Gasteiger partial charge in [0.25, 0.3) is 0 Å². The third kappa shape index (κ3) is 3.86. The number of hydrogen-bond donors (Lipinski definition) is 2. The van der Waals surface area contributed by atoms with Crippen molar-refractivity contribution in [3.8, 4) is 0 Å². The molecule has 1 aromatic carbocycles. The molecule has 12 heteroatoms. The van der Waals surface area contributed by atoms with E-state index in [9.17, 15) is 24.6 Å². The molecule has 0 aromatic heterocycles. The van der Waals surface area contributed by atoms with Gasteiger partial charge in [-0.25, -0.2) is 9.69 Å². The summed E-state index contributed by atoms with van der Waals surface area (Å²) >= 11 is 0. The Bertz CT molecular complexity index is 1560. The second kappa shape index (κ2) is 11.3. The van der Waals surface area contributed by atoms with E-state index in [-0.39, 0.29) is 84.5 Å². The van der Waals surface area contributed by atoms with Gasteiger partial charge < -0.3 is 33.9 Å². The number of para-hydroxylation sites is 1. The molecule has 8 rings (SSSR count). The number of anilines is 1. The van der Waals surface area contributed by atoms with Crippen LogP contribution in [0, 0.1) is 40.4 Å². The number of ether oxygens (including phenoxy) is 5. The Morgan fingerprint density at radius 3 is 2.43 bits per heavy atom. The summed E-state index contributed by atoms with van der Waals surface area (Å²) in [4.78, 5) is 43.3. The van der Waals surface area contributed by atoms with E-state index < -0.39 is 46.1 Å². The van der Waals surface area contributed by atoms with Crippen LogP contribution in [0.5, 0.6) is 0 Å². The Labute approximate surface area is 287 Å². The number of rotatable bonds is 9. The number of aliphatic hydroxyl groups is 2. The largest absolute Gasteiger partial charge is 0.461 e. The van der Waals surface area contributed by atoms with Crippen molar-refractivity contribution in [2.45, 2.75) is 87.6 Å². The predicted octanol–water partition coefficient (Wildman–Crippen LogP) is 2.04. The molecule has 2 heterocycles. The standard InChI is InChI=1S/C37H50N2O10/c1-7-38-17-34(18-49-32(42)20-10-8-9-11-23(20)39-26(40)14-19(2)31(39)41)13-12-25(46-4)36-22-15-21-24(45-3)16-35(43,27(22)28(21)47-5)37(44,33(36)38)30(48-6)29(34)36/h8-11,19,21-22,24-25,27-30,33,43-44H,7,12-18H2,1-6H3/t19-,21+,22+,24-,25-,27+,28-,29+,30-,33?,34-,35+,36-,37-/m0/s1. The fourth-order valence-corrected chi connectivity index (χ4v) is 13.2. The first-order chi connectivity index (χ1) is 23.4. The average molecular weight is 683 g/mol. The number of carbonyl (C=O) groups is 3. The van der Waals surface area contributed by atoms with Crippen LogP contribution in [0.25, 0.3) is 0 Å². The van der Waals surface area contributed by atoms with E-state index in [1.54, 1.807) is 59.6 Å². The summed E-state index contributed by atoms with van der Waals surface area (Å²) in [5.74, 6) is -2.47. The molecule has 1 aromatic rings. The van der Waals surface area contributed by atoms with Gasteiger partial charge in [-0.05, 0) is 43.9 Å². The highest BCUT2D eigenvalue weighted by Gasteiger charge is 2.91. The number of esters is 1. The minimum atomic E-state index is -1.70. The van der Waals surface area contributed by atoms with Gasteiger partial charge in [0.15, 0.2) is 0 Å². The molecule has 0 radical (unpaired) electrons. The van der Waals surface area contributed by atoms with Crippen LogP contribution < -0.4 is 4.90 Å². The normalized spacial score (nSPS) is 48.0. The Morgan fingerprint density at radius 2 is 1.80 bits per heavy atom. The molecular formula is C37H50N2O10. The topological polar surface area (TPSA) is 144 Å². The highest BCUT2D eigenvalue weighted by molar-refractivity contribution is 6.22. The highest BCUT2D eigenvalue weighted by atomic mass is 16.5. The number of piperidine rings is 1. The summed E-state index contributed by atoms with van der Waals surface area (Å²) in [6, 6.07) is 6.12. The van der Waals surface area contributed by atoms with Gasteiger partial charge in [0.05, 0.1) is 48.3 Å². The highest BCUT2D eigenvalue weighted by Crippen LogP contribution is 2.80. The van der Waals surface area contributed by atoms with Crippen molar-refractivity contribution in [3.05, 3.63) is 29.8 Å². The minimum absolute atomic E-state index is 0.0358. The van der Waals surface area contributed by atoms with Crippen LogP contribution in [0.2, 0.25) is 0 Å². The molecule has 7 fully saturated rings. The summed E-state index contributed by atoms with van der Waals surface area (Å²) in [5, 5.41) is 26.6. The summed E-state index contributed by atoms with van der Waals surface area (Å²) in [5.41, 5.74) is -4.17. The summed E-state index contributed by atoms with van der Waals surface area (Å²) < 4.78 is 31.4. The van der Waals surface area contributed by atoms with Gasteiger partial charge in [-0.3, -0.25) is 14.5 Å². The molecule has 1 unspecified atom stereocenters. The average Bonchev–Trinajstić information content (AvgIpc) is 3.63. The number of carbonyl (C=O) groups excluding carboxylic acids is 3. The smallest absolute Gasteiger partial charge is 0.340 e. The number of benzene rings is 1. The maximum absolute atomic E-state index is 14.1. The molecule has 7 bridgehead atoms. The van der Waals surface area contributed by atoms with Gasteiger partial charge in [0, 0.05) is 82.3 Å². The second-order valence-electron chi connectivity index (χ2n) is 16.0. The molecule has 49 heavy (non-hydrogen) atoms. The number of likely N-dealkylation sites (N-methyl/N-ethyl adjacent to an activating group) is 1. The molecule has 2 N–H and O–H groups in total. The summed E-state index contributed by atoms with van der Waals surface area (Å²) in [7, 11) is 6.70. The Kier molecular flexibility index (Phi) is 7.75. The van der Waals surface area contributed by atoms with Crippen LogP contribution in [-0.4, -0.2) is 123 Å². The van der Waals surface area contributed by atoms with Crippen molar-refractivity contribution in [1.82, 2.24) is 4.90 Å². The summed E-state index contributed by atoms with van der Waals surface area (Å²) in [6.45, 7) is 4.95. The Hall–Kier alpha value is -2.45. The number of hydrogen-bond acceptors (Lipinski definition) is 11. The van der Waals surface area contributed by atoms with Crippen LogP contribution in [0.3, 0.4) is 0 Å². The van der Waals surface area contributed by atoms with E-state index in [2.05, 4.69) is 11.8 Å². The fourth-order valence-electron chi connectivity index (χ4n) is 13.2. The lowest BCUT2D eigenvalue weighted by atomic mass is 9.42. The quantitative estimate of drug-likeness (QED) is 0.292. The van der Waals surface area contributed by atoms with E-state index in [4.69, 9.17) is 23.7 Å². The Morgan fingerprint density at radius 1 is 1.04 bits per heavy atom. The van der Waals surface area contributed by atoms with Crippen LogP contribution in [0.1, 0.15) is 56.3 Å². The van der Waals surface area contributed by atoms with Crippen LogP contribution in [0.15, 0.2) is 24.3 Å². The molecule has 1 spiro atoms. The monoisotopic (exact) mass is 682 g/mol. The molecule has 5 aliphatic carbocycles. The lowest BCUT2D eigenvalue weighted by molar-refractivity contribution is -0.320. The van der Waals surface area contributed by atoms with Gasteiger partial charge in [-0.2, -0.15) is 0 Å². The Balaban J connectivity index is 1.23. The SMILES string of the molecule is CCN1C[C@]2(COC(=O)c3ccccc3N3C(=O)C[C@H](C)C3=O)CC[C@H](OC)[C@]34C1[C@@](O)([C@@H](OC)[C@H]23)[C@@]1(O)C[C@H](OC)[C@H]2C[C@@H]4[C@@H]1[C@H]2OC. The first-order valence-electron chi connectivity index (χ1n) is 17.9. The molecule has 2 aliphatic heterocycles. The van der Waals surface area contributed by atoms with Crippen molar-refractivity contribution >= 4 is 23.5 Å². The lowest BCUT2D eigenvalue weighted by Gasteiger charge is -2.70. The van der Waals surface area contributed by atoms with Crippen LogP contribution in [-0.2, 0) is 33.3 Å². The number of likely N-dealkylation sites (tertiary alicyclic amines) is 1. The van der Waals surface area contributed by atoms with Crippen molar-refractivity contribution in [2.75, 3.05) is 53.0 Å². The van der Waals surface area contributed by atoms with E-state index in [1.807, 2.05) is 0 Å². The number of imide groups is 1. The zero-order valence-corrected chi connectivity index (χ0v) is 29.3. The van der Waals surface area contributed by atoms with Crippen molar-refractivity contribution in [1.29, 1.82) is 0 Å². The van der Waals surface area contributed by atoms with E-state index in [1.165, 1.54) is 0 Å². The van der Waals surface area contributed by atoms with E-state index in [0.29, 0.717) is 25.9 Å². The third-order valence-electron chi connectivity index (χ3n) is 14.5. The number of nitrogens with zero attached hydrogens (tertiary/aromatic N) is 2. The zero-order chi connectivity index (χ0) is 34.8. The van der Waals surface area contributed by atoms with Crippen molar-refractivity contribution < 1.29 is 48.3 Å². The van der Waals surface area contributed by atoms with Crippen molar-refractivity contribution in [3.63, 3.8) is 0 Å². The van der Waals surface area contributed by atoms with Gasteiger partial charge in [0.2, 0.25) is 11.8 Å². The van der Waals surface area contributed by atoms with E-state index >= 15 is 0 Å². The number of methoxy groups -OCH3 is 4. The molecule has 12 nitrogen and oxygen atoms in total. The number of amides is 2. The predicted molar refractivity (Wildman–Crippen MR) is 174 cm³/mol. The maximum atomic E-state index is 14.1. The molecule has 7 aliphatic rings. The molecular weight excluding hydrogens is 632 g/mol. The lowest BCUT2D eigenvalue weighted by Crippen LogP contribution is -2.82. The van der Waals surface area contributed by atoms with Gasteiger partial charge in [-0.1, -0.05) is 26.0 Å². The molecule has 268 valence electrons. The minimum Gasteiger partial charge on any atom is -0.461 e. The van der Waals surface area contributed by atoms with Crippen molar-refractivity contribution in [2.24, 2.45) is 40.4 Å². The van der Waals surface area contributed by atoms with E-state index in [0.717, 1.165) is 11.3 Å². The van der Waals surface area contributed by atoms with Crippen LogP contribution in [0.4, 0.5) is 5.69 Å². The first-order valence-corrected chi connectivity index (χ1v) is 17.9. The molecule has 2 amide bonds. The summed E-state index contributed by atoms with van der Waals surface area (Å²) in [6.07, 6.45) is 0.813. The van der Waals surface area contributed by atoms with Gasteiger partial charge in [0.1, 0.15) is 11.2 Å². The number of fused-ring (bicyclic) bond motifs is 2. The first kappa shape index (κ1) is 33.7. The van der Waals surface area contributed by atoms with Gasteiger partial charge in [-0.15, -0.1) is 0 Å². The molecule has 2 saturated heterocycles. The molecule has 5 saturated carbocycles.